The van der Waals surface area contributed by atoms with Crippen LogP contribution in [-0.4, -0.2) is 24.9 Å². The van der Waals surface area contributed by atoms with Crippen LogP contribution in [-0.2, 0) is 9.53 Å². The average molecular weight is 413 g/mol. The minimum Gasteiger partial charge on any atom is -0.497 e. The number of carbonyl (C=O) groups is 2. The molecule has 1 aliphatic rings. The van der Waals surface area contributed by atoms with Gasteiger partial charge in [-0.15, -0.1) is 0 Å². The van der Waals surface area contributed by atoms with Crippen molar-refractivity contribution in [2.24, 2.45) is 4.99 Å². The van der Waals surface area contributed by atoms with Crippen molar-refractivity contribution in [3.8, 4) is 11.5 Å². The molecular formula is C25H19NO5. The van der Waals surface area contributed by atoms with Gasteiger partial charge in [-0.3, -0.25) is 0 Å². The number of hydrogen-bond donors (Lipinski definition) is 0. The second-order valence-electron chi connectivity index (χ2n) is 6.86. The van der Waals surface area contributed by atoms with Crippen molar-refractivity contribution in [3.63, 3.8) is 0 Å². The molecule has 0 N–H and O–H groups in total. The van der Waals surface area contributed by atoms with Crippen LogP contribution in [0, 0.1) is 6.92 Å². The fourth-order valence-electron chi connectivity index (χ4n) is 3.06. The third kappa shape index (κ3) is 4.53. The Hall–Kier alpha value is -4.19. The fraction of sp³-hybridized carbons (Fsp3) is 0.0800. The minimum atomic E-state index is -0.586. The maximum atomic E-state index is 12.5. The van der Waals surface area contributed by atoms with Gasteiger partial charge in [-0.2, -0.15) is 0 Å². The molecular weight excluding hydrogens is 394 g/mol. The van der Waals surface area contributed by atoms with Crippen molar-refractivity contribution in [3.05, 3.63) is 101 Å². The number of rotatable bonds is 5. The first-order chi connectivity index (χ1) is 15.0. The molecule has 154 valence electrons. The maximum Gasteiger partial charge on any atom is 0.363 e. The van der Waals surface area contributed by atoms with Crippen LogP contribution >= 0.6 is 0 Å². The van der Waals surface area contributed by atoms with Gasteiger partial charge in [0.15, 0.2) is 5.70 Å². The molecule has 0 unspecified atom stereocenters. The summed E-state index contributed by atoms with van der Waals surface area (Å²) in [5, 5.41) is 0. The Labute approximate surface area is 179 Å². The molecule has 0 aromatic heterocycles. The highest BCUT2D eigenvalue weighted by molar-refractivity contribution is 6.13. The number of cyclic esters (lactones) is 1. The molecule has 3 aromatic carbocycles. The lowest BCUT2D eigenvalue weighted by molar-refractivity contribution is -0.129. The van der Waals surface area contributed by atoms with Crippen molar-refractivity contribution in [1.29, 1.82) is 0 Å². The summed E-state index contributed by atoms with van der Waals surface area (Å²) in [6.45, 7) is 1.90. The van der Waals surface area contributed by atoms with E-state index < -0.39 is 11.9 Å². The summed E-state index contributed by atoms with van der Waals surface area (Å²) in [5.74, 6) is 0.0626. The first kappa shape index (κ1) is 20.1. The molecule has 4 rings (SSSR count). The summed E-state index contributed by atoms with van der Waals surface area (Å²) in [6, 6.07) is 21.1. The molecule has 0 aliphatic carbocycles. The molecule has 0 radical (unpaired) electrons. The van der Waals surface area contributed by atoms with E-state index in [1.54, 1.807) is 73.8 Å². The third-order valence-corrected chi connectivity index (χ3v) is 4.60. The number of benzene rings is 3. The van der Waals surface area contributed by atoms with E-state index in [2.05, 4.69) is 4.99 Å². The summed E-state index contributed by atoms with van der Waals surface area (Å²) in [6.07, 6.45) is 1.54. The van der Waals surface area contributed by atoms with Gasteiger partial charge in [-0.1, -0.05) is 42.0 Å². The number of nitrogens with zero attached hydrogens (tertiary/aromatic N) is 1. The van der Waals surface area contributed by atoms with Gasteiger partial charge < -0.3 is 14.2 Å². The Kier molecular flexibility index (Phi) is 5.62. The molecule has 3 aromatic rings. The standard InChI is InChI=1S/C25H19NO5/c1-16-7-5-10-19(13-16)24(27)30-22-12-4-3-8-17(22)15-21-25(28)31-23(26-21)18-9-6-11-20(14-18)29-2/h3-15H,1-2H3/b21-15-. The maximum absolute atomic E-state index is 12.5. The summed E-state index contributed by atoms with van der Waals surface area (Å²) >= 11 is 0. The Morgan fingerprint density at radius 3 is 2.61 bits per heavy atom. The monoisotopic (exact) mass is 413 g/mol. The van der Waals surface area contributed by atoms with E-state index in [4.69, 9.17) is 14.2 Å². The van der Waals surface area contributed by atoms with Crippen molar-refractivity contribution in [1.82, 2.24) is 0 Å². The third-order valence-electron chi connectivity index (χ3n) is 4.60. The van der Waals surface area contributed by atoms with Gasteiger partial charge in [-0.05, 0) is 49.4 Å². The van der Waals surface area contributed by atoms with Crippen molar-refractivity contribution >= 4 is 23.9 Å². The highest BCUT2D eigenvalue weighted by Crippen LogP contribution is 2.26. The first-order valence-electron chi connectivity index (χ1n) is 9.58. The lowest BCUT2D eigenvalue weighted by Gasteiger charge is -2.08. The predicted molar refractivity (Wildman–Crippen MR) is 116 cm³/mol. The van der Waals surface area contributed by atoms with Crippen LogP contribution in [0.2, 0.25) is 0 Å². The fourth-order valence-corrected chi connectivity index (χ4v) is 3.06. The van der Waals surface area contributed by atoms with Crippen molar-refractivity contribution < 1.29 is 23.8 Å². The zero-order valence-corrected chi connectivity index (χ0v) is 17.0. The second-order valence-corrected chi connectivity index (χ2v) is 6.86. The van der Waals surface area contributed by atoms with E-state index in [1.807, 2.05) is 13.0 Å². The number of para-hydroxylation sites is 1. The van der Waals surface area contributed by atoms with Crippen LogP contribution in [0.5, 0.6) is 11.5 Å². The van der Waals surface area contributed by atoms with E-state index in [9.17, 15) is 9.59 Å². The number of aryl methyl sites for hydroxylation is 1. The summed E-state index contributed by atoms with van der Waals surface area (Å²) in [5.41, 5.74) is 2.66. The average Bonchev–Trinajstić information content (AvgIpc) is 3.15. The predicted octanol–water partition coefficient (Wildman–Crippen LogP) is 4.57. The molecule has 1 heterocycles. The van der Waals surface area contributed by atoms with E-state index in [0.717, 1.165) is 5.56 Å². The molecule has 0 atom stereocenters. The number of ether oxygens (including phenoxy) is 3. The normalized spacial score (nSPS) is 14.2. The molecule has 0 saturated carbocycles. The van der Waals surface area contributed by atoms with Crippen LogP contribution in [0.3, 0.4) is 0 Å². The van der Waals surface area contributed by atoms with E-state index in [1.165, 1.54) is 6.08 Å². The van der Waals surface area contributed by atoms with Gasteiger partial charge >= 0.3 is 11.9 Å². The van der Waals surface area contributed by atoms with Gasteiger partial charge in [0, 0.05) is 11.1 Å². The molecule has 0 amide bonds. The number of carbonyl (C=O) groups excluding carboxylic acids is 2. The van der Waals surface area contributed by atoms with E-state index in [0.29, 0.717) is 28.2 Å². The van der Waals surface area contributed by atoms with E-state index >= 15 is 0 Å². The first-order valence-corrected chi connectivity index (χ1v) is 9.58. The highest BCUT2D eigenvalue weighted by atomic mass is 16.6. The van der Waals surface area contributed by atoms with Gasteiger partial charge in [0.25, 0.3) is 0 Å². The summed E-state index contributed by atoms with van der Waals surface area (Å²) in [7, 11) is 1.56. The van der Waals surface area contributed by atoms with Gasteiger partial charge in [0.05, 0.1) is 12.7 Å². The quantitative estimate of drug-likeness (QED) is 0.348. The molecule has 0 fully saturated rings. The van der Waals surface area contributed by atoms with Crippen LogP contribution in [0.15, 0.2) is 83.5 Å². The van der Waals surface area contributed by atoms with E-state index in [-0.39, 0.29) is 11.6 Å². The number of esters is 2. The van der Waals surface area contributed by atoms with Crippen LogP contribution < -0.4 is 9.47 Å². The van der Waals surface area contributed by atoms with Crippen LogP contribution in [0.25, 0.3) is 6.08 Å². The van der Waals surface area contributed by atoms with Gasteiger partial charge in [-0.25, -0.2) is 14.6 Å². The van der Waals surface area contributed by atoms with Crippen LogP contribution in [0.1, 0.15) is 27.0 Å². The number of methoxy groups -OCH3 is 1. The Morgan fingerprint density at radius 2 is 1.81 bits per heavy atom. The molecule has 31 heavy (non-hydrogen) atoms. The summed E-state index contributed by atoms with van der Waals surface area (Å²) in [4.78, 5) is 29.2. The largest absolute Gasteiger partial charge is 0.497 e. The topological polar surface area (TPSA) is 74.2 Å². The number of aliphatic imine (C=N–C) groups is 1. The van der Waals surface area contributed by atoms with Crippen LogP contribution in [0.4, 0.5) is 0 Å². The smallest absolute Gasteiger partial charge is 0.363 e. The zero-order chi connectivity index (χ0) is 21.8. The lowest BCUT2D eigenvalue weighted by Crippen LogP contribution is -2.09. The van der Waals surface area contributed by atoms with Crippen molar-refractivity contribution in [2.75, 3.05) is 7.11 Å². The Morgan fingerprint density at radius 1 is 1.00 bits per heavy atom. The molecule has 0 saturated heterocycles. The SMILES string of the molecule is COc1cccc(C2=N/C(=C\c3ccccc3OC(=O)c3cccc(C)c3)C(=O)O2)c1. The molecule has 6 nitrogen and oxygen atoms in total. The zero-order valence-electron chi connectivity index (χ0n) is 17.0. The number of hydrogen-bond acceptors (Lipinski definition) is 6. The minimum absolute atomic E-state index is 0.108. The Balaban J connectivity index is 1.62. The lowest BCUT2D eigenvalue weighted by atomic mass is 10.1. The second kappa shape index (κ2) is 8.67. The molecule has 0 spiro atoms. The Bertz CT molecular complexity index is 1230. The van der Waals surface area contributed by atoms with Gasteiger partial charge in [0.1, 0.15) is 11.5 Å². The molecule has 0 bridgehead atoms. The molecule has 1 aliphatic heterocycles. The molecule has 6 heteroatoms. The van der Waals surface area contributed by atoms with Crippen molar-refractivity contribution in [2.45, 2.75) is 6.92 Å². The van der Waals surface area contributed by atoms with Gasteiger partial charge in [0.2, 0.25) is 5.90 Å². The highest BCUT2D eigenvalue weighted by Gasteiger charge is 2.25. The summed E-state index contributed by atoms with van der Waals surface area (Å²) < 4.78 is 16.1.